The molecular formula is C17H19N3O2S. The molecule has 0 atom stereocenters. The Morgan fingerprint density at radius 2 is 1.87 bits per heavy atom. The number of sulfonamides is 1. The van der Waals surface area contributed by atoms with E-state index in [1.807, 2.05) is 44.2 Å². The second-order valence-corrected chi connectivity index (χ2v) is 7.60. The summed E-state index contributed by atoms with van der Waals surface area (Å²) in [6.45, 7) is 4.12. The number of benzene rings is 2. The van der Waals surface area contributed by atoms with Crippen LogP contribution in [-0.4, -0.2) is 28.7 Å². The van der Waals surface area contributed by atoms with E-state index in [9.17, 15) is 8.42 Å². The molecule has 5 nitrogen and oxygen atoms in total. The van der Waals surface area contributed by atoms with Crippen LogP contribution in [0.25, 0.3) is 11.0 Å². The fraction of sp³-hybridized carbons (Fsp3) is 0.235. The maximum Gasteiger partial charge on any atom is 0.243 e. The summed E-state index contributed by atoms with van der Waals surface area (Å²) >= 11 is 0. The van der Waals surface area contributed by atoms with Gasteiger partial charge in [0.2, 0.25) is 10.0 Å². The van der Waals surface area contributed by atoms with Gasteiger partial charge in [-0.3, -0.25) is 0 Å². The number of fused-ring (bicyclic) bond motifs is 1. The second kappa shape index (κ2) is 6.14. The van der Waals surface area contributed by atoms with Crippen LogP contribution in [0.1, 0.15) is 19.4 Å². The molecule has 3 aromatic rings. The zero-order valence-corrected chi connectivity index (χ0v) is 13.9. The zero-order chi connectivity index (χ0) is 16.4. The summed E-state index contributed by atoms with van der Waals surface area (Å²) in [6, 6.07) is 14.4. The average Bonchev–Trinajstić information content (AvgIpc) is 3.00. The third-order valence-electron chi connectivity index (χ3n) is 3.76. The fourth-order valence-electron chi connectivity index (χ4n) is 2.52. The molecule has 0 aliphatic carbocycles. The number of aromatic nitrogens is 2. The van der Waals surface area contributed by atoms with Crippen LogP contribution in [0.4, 0.5) is 0 Å². The van der Waals surface area contributed by atoms with E-state index in [0.717, 1.165) is 16.6 Å². The Morgan fingerprint density at radius 1 is 1.13 bits per heavy atom. The standard InChI is InChI=1S/C17H19N3O2S/c1-13(2)20(11-14-6-4-3-5-7-14)23(21,22)15-8-9-16-17(10-15)19-12-18-16/h3-10,12-13H,11H2,1-2H3,(H,18,19). The van der Waals surface area contributed by atoms with Crippen LogP contribution in [0.15, 0.2) is 59.8 Å². The van der Waals surface area contributed by atoms with Gasteiger partial charge in [-0.15, -0.1) is 0 Å². The van der Waals surface area contributed by atoms with Crippen LogP contribution in [0.5, 0.6) is 0 Å². The first-order valence-corrected chi connectivity index (χ1v) is 8.91. The molecule has 1 aromatic heterocycles. The van der Waals surface area contributed by atoms with Crippen molar-refractivity contribution in [1.29, 1.82) is 0 Å². The van der Waals surface area contributed by atoms with Crippen molar-refractivity contribution in [1.82, 2.24) is 14.3 Å². The van der Waals surface area contributed by atoms with Gasteiger partial charge in [-0.25, -0.2) is 13.4 Å². The number of nitrogens with zero attached hydrogens (tertiary/aromatic N) is 2. The van der Waals surface area contributed by atoms with E-state index in [-0.39, 0.29) is 10.9 Å². The molecule has 0 bridgehead atoms. The summed E-state index contributed by atoms with van der Waals surface area (Å²) < 4.78 is 27.6. The van der Waals surface area contributed by atoms with Gasteiger partial charge in [-0.2, -0.15) is 4.31 Å². The van der Waals surface area contributed by atoms with Gasteiger partial charge < -0.3 is 4.98 Å². The molecule has 0 aliphatic rings. The predicted octanol–water partition coefficient (Wildman–Crippen LogP) is 3.16. The summed E-state index contributed by atoms with van der Waals surface area (Å²) in [7, 11) is -3.58. The van der Waals surface area contributed by atoms with Gasteiger partial charge in [-0.05, 0) is 37.6 Å². The minimum Gasteiger partial charge on any atom is -0.345 e. The smallest absolute Gasteiger partial charge is 0.243 e. The third-order valence-corrected chi connectivity index (χ3v) is 5.77. The molecule has 0 radical (unpaired) electrons. The number of imidazole rings is 1. The van der Waals surface area contributed by atoms with Crippen molar-refractivity contribution in [2.45, 2.75) is 31.3 Å². The van der Waals surface area contributed by atoms with Gasteiger partial charge in [0.25, 0.3) is 0 Å². The van der Waals surface area contributed by atoms with E-state index in [2.05, 4.69) is 9.97 Å². The molecule has 1 N–H and O–H groups in total. The lowest BCUT2D eigenvalue weighted by Gasteiger charge is -2.26. The number of hydrogen-bond acceptors (Lipinski definition) is 3. The molecule has 0 aliphatic heterocycles. The summed E-state index contributed by atoms with van der Waals surface area (Å²) in [5.41, 5.74) is 2.44. The van der Waals surface area contributed by atoms with Crippen LogP contribution < -0.4 is 0 Å². The first-order chi connectivity index (χ1) is 11.0. The van der Waals surface area contributed by atoms with Gasteiger partial charge in [-0.1, -0.05) is 30.3 Å². The molecule has 0 spiro atoms. The molecule has 0 fully saturated rings. The van der Waals surface area contributed by atoms with Gasteiger partial charge in [0.05, 0.1) is 22.3 Å². The Morgan fingerprint density at radius 3 is 2.57 bits per heavy atom. The van der Waals surface area contributed by atoms with Crippen LogP contribution >= 0.6 is 0 Å². The van der Waals surface area contributed by atoms with Gasteiger partial charge in [0.1, 0.15) is 0 Å². The quantitative estimate of drug-likeness (QED) is 0.782. The average molecular weight is 329 g/mol. The highest BCUT2D eigenvalue weighted by atomic mass is 32.2. The molecule has 0 amide bonds. The van der Waals surface area contributed by atoms with E-state index < -0.39 is 10.0 Å². The second-order valence-electron chi connectivity index (χ2n) is 5.71. The molecule has 120 valence electrons. The molecule has 0 saturated heterocycles. The van der Waals surface area contributed by atoms with Gasteiger partial charge in [0, 0.05) is 12.6 Å². The molecule has 1 heterocycles. The number of nitrogens with one attached hydrogen (secondary N) is 1. The van der Waals surface area contributed by atoms with Crippen molar-refractivity contribution in [2.75, 3.05) is 0 Å². The Labute approximate surface area is 136 Å². The first-order valence-electron chi connectivity index (χ1n) is 7.47. The fourth-order valence-corrected chi connectivity index (χ4v) is 4.17. The van der Waals surface area contributed by atoms with Crippen molar-refractivity contribution >= 4 is 21.1 Å². The molecule has 0 saturated carbocycles. The van der Waals surface area contributed by atoms with Crippen LogP contribution in [0.3, 0.4) is 0 Å². The van der Waals surface area contributed by atoms with E-state index in [4.69, 9.17) is 0 Å². The molecule has 6 heteroatoms. The molecule has 3 rings (SSSR count). The van der Waals surface area contributed by atoms with E-state index >= 15 is 0 Å². The highest BCUT2D eigenvalue weighted by molar-refractivity contribution is 7.89. The topological polar surface area (TPSA) is 66.1 Å². The molecular weight excluding hydrogens is 310 g/mol. The van der Waals surface area contributed by atoms with E-state index in [1.54, 1.807) is 24.5 Å². The Hall–Kier alpha value is -2.18. The Bertz CT molecular complexity index is 902. The van der Waals surface area contributed by atoms with E-state index in [1.165, 1.54) is 4.31 Å². The summed E-state index contributed by atoms with van der Waals surface area (Å²) in [5, 5.41) is 0. The summed E-state index contributed by atoms with van der Waals surface area (Å²) in [5.74, 6) is 0. The maximum atomic E-state index is 13.0. The lowest BCUT2D eigenvalue weighted by molar-refractivity contribution is 0.348. The lowest BCUT2D eigenvalue weighted by Crippen LogP contribution is -2.36. The van der Waals surface area contributed by atoms with E-state index in [0.29, 0.717) is 6.54 Å². The van der Waals surface area contributed by atoms with Crippen molar-refractivity contribution in [2.24, 2.45) is 0 Å². The maximum absolute atomic E-state index is 13.0. The Balaban J connectivity index is 1.99. The van der Waals surface area contributed by atoms with Gasteiger partial charge >= 0.3 is 0 Å². The summed E-state index contributed by atoms with van der Waals surface area (Å²) in [6.07, 6.45) is 1.56. The normalized spacial score (nSPS) is 12.3. The van der Waals surface area contributed by atoms with Crippen LogP contribution in [0.2, 0.25) is 0 Å². The van der Waals surface area contributed by atoms with Crippen molar-refractivity contribution in [3.8, 4) is 0 Å². The first kappa shape index (κ1) is 15.7. The van der Waals surface area contributed by atoms with Crippen LogP contribution in [-0.2, 0) is 16.6 Å². The molecule has 2 aromatic carbocycles. The zero-order valence-electron chi connectivity index (χ0n) is 13.1. The van der Waals surface area contributed by atoms with Gasteiger partial charge in [0.15, 0.2) is 0 Å². The number of rotatable bonds is 5. The molecule has 0 unspecified atom stereocenters. The predicted molar refractivity (Wildman–Crippen MR) is 90.4 cm³/mol. The summed E-state index contributed by atoms with van der Waals surface area (Å²) in [4.78, 5) is 7.36. The minimum atomic E-state index is -3.58. The van der Waals surface area contributed by atoms with Crippen molar-refractivity contribution in [3.05, 3.63) is 60.4 Å². The van der Waals surface area contributed by atoms with Crippen LogP contribution in [0, 0.1) is 0 Å². The monoisotopic (exact) mass is 329 g/mol. The van der Waals surface area contributed by atoms with Crippen molar-refractivity contribution < 1.29 is 8.42 Å². The highest BCUT2D eigenvalue weighted by Gasteiger charge is 2.27. The highest BCUT2D eigenvalue weighted by Crippen LogP contribution is 2.23. The number of aromatic amines is 1. The largest absolute Gasteiger partial charge is 0.345 e. The molecule has 23 heavy (non-hydrogen) atoms. The van der Waals surface area contributed by atoms with Crippen molar-refractivity contribution in [3.63, 3.8) is 0 Å². The number of hydrogen-bond donors (Lipinski definition) is 1. The minimum absolute atomic E-state index is 0.141. The Kier molecular flexibility index (Phi) is 4.19. The third kappa shape index (κ3) is 3.13. The lowest BCUT2D eigenvalue weighted by atomic mass is 10.2. The SMILES string of the molecule is CC(C)N(Cc1ccccc1)S(=O)(=O)c1ccc2nc[nH]c2c1. The number of H-pyrrole nitrogens is 1.